The number of rotatable bonds is 3. The molecule has 0 amide bonds. The average Bonchev–Trinajstić information content (AvgIpc) is 3.52. The van der Waals surface area contributed by atoms with E-state index in [1.54, 1.807) is 19.2 Å². The number of anilines is 1. The minimum absolute atomic E-state index is 0.328. The highest BCUT2D eigenvalue weighted by atomic mass is 19.1. The smallest absolute Gasteiger partial charge is 0.203 e. The molecule has 8 nitrogen and oxygen atoms in total. The normalized spacial score (nSPS) is 12.8. The molecule has 0 saturated heterocycles. The number of pyridine rings is 3. The molecule has 0 unspecified atom stereocenters. The van der Waals surface area contributed by atoms with E-state index in [0.717, 1.165) is 52.6 Å². The zero-order valence-electron chi connectivity index (χ0n) is 16.6. The van der Waals surface area contributed by atoms with Crippen molar-refractivity contribution in [3.8, 4) is 33.9 Å². The highest BCUT2D eigenvalue weighted by Gasteiger charge is 2.18. The highest BCUT2D eigenvalue weighted by molar-refractivity contribution is 5.84. The molecule has 0 spiro atoms. The first-order chi connectivity index (χ1) is 15.2. The van der Waals surface area contributed by atoms with Crippen LogP contribution in [-0.4, -0.2) is 41.2 Å². The number of hydrogen-bond donors (Lipinski definition) is 2. The summed E-state index contributed by atoms with van der Waals surface area (Å²) in [7, 11) is 0. The van der Waals surface area contributed by atoms with Gasteiger partial charge in [0.2, 0.25) is 5.95 Å². The van der Waals surface area contributed by atoms with Crippen LogP contribution in [0.25, 0.3) is 44.9 Å². The third-order valence-corrected chi connectivity index (χ3v) is 5.49. The molecule has 0 fully saturated rings. The lowest BCUT2D eigenvalue weighted by atomic mass is 10.1. The number of hydrogen-bond acceptors (Lipinski definition) is 6. The molecule has 0 radical (unpaired) electrons. The maximum absolute atomic E-state index is 13.7. The Morgan fingerprint density at radius 3 is 2.81 bits per heavy atom. The third-order valence-electron chi connectivity index (χ3n) is 5.49. The van der Waals surface area contributed by atoms with E-state index in [1.807, 2.05) is 30.6 Å². The Kier molecular flexibility index (Phi) is 3.82. The molecule has 5 aromatic heterocycles. The highest BCUT2D eigenvalue weighted by Crippen LogP contribution is 2.31. The van der Waals surface area contributed by atoms with Gasteiger partial charge in [0.1, 0.15) is 11.5 Å². The molecule has 6 heterocycles. The monoisotopic (exact) mass is 412 g/mol. The van der Waals surface area contributed by atoms with Crippen LogP contribution in [0.2, 0.25) is 0 Å². The van der Waals surface area contributed by atoms with Gasteiger partial charge >= 0.3 is 0 Å². The van der Waals surface area contributed by atoms with Crippen molar-refractivity contribution in [2.45, 2.75) is 13.5 Å². The van der Waals surface area contributed by atoms with Crippen LogP contribution in [0.3, 0.4) is 0 Å². The summed E-state index contributed by atoms with van der Waals surface area (Å²) < 4.78 is 15.8. The van der Waals surface area contributed by atoms with Crippen LogP contribution in [0.15, 0.2) is 48.9 Å². The van der Waals surface area contributed by atoms with Gasteiger partial charge in [-0.25, -0.2) is 19.3 Å². The molecule has 0 aliphatic carbocycles. The number of aromatic nitrogens is 7. The van der Waals surface area contributed by atoms with Crippen molar-refractivity contribution in [1.29, 1.82) is 0 Å². The SMILES string of the molecule is Cc1nc(-c2n[nH]cc2-c2ccc3ncc(-c4cnc5n4CCN5)cc3n2)ccc1F. The summed E-state index contributed by atoms with van der Waals surface area (Å²) in [6.45, 7) is 3.38. The maximum Gasteiger partial charge on any atom is 0.203 e. The number of fused-ring (bicyclic) bond motifs is 2. The van der Waals surface area contributed by atoms with Gasteiger partial charge in [0.15, 0.2) is 0 Å². The first-order valence-corrected chi connectivity index (χ1v) is 9.91. The summed E-state index contributed by atoms with van der Waals surface area (Å²) in [5.41, 5.74) is 6.61. The average molecular weight is 412 g/mol. The quantitative estimate of drug-likeness (QED) is 0.468. The van der Waals surface area contributed by atoms with Gasteiger partial charge in [0.25, 0.3) is 0 Å². The molecular formula is C22H17FN8. The summed E-state index contributed by atoms with van der Waals surface area (Å²) >= 11 is 0. The number of nitrogens with one attached hydrogen (secondary N) is 2. The predicted octanol–water partition coefficient (Wildman–Crippen LogP) is 3.82. The van der Waals surface area contributed by atoms with Crippen molar-refractivity contribution in [3.63, 3.8) is 0 Å². The van der Waals surface area contributed by atoms with Gasteiger partial charge in [-0.2, -0.15) is 5.10 Å². The van der Waals surface area contributed by atoms with Gasteiger partial charge in [0.05, 0.1) is 40.0 Å². The Morgan fingerprint density at radius 1 is 1.00 bits per heavy atom. The summed E-state index contributed by atoms with van der Waals surface area (Å²) in [6, 6.07) is 8.88. The summed E-state index contributed by atoms with van der Waals surface area (Å²) in [6.07, 6.45) is 5.47. The lowest BCUT2D eigenvalue weighted by molar-refractivity contribution is 0.610. The van der Waals surface area contributed by atoms with Crippen LogP contribution < -0.4 is 5.32 Å². The standard InChI is InChI=1S/C22H17FN8/c1-12-15(23)2-3-18(28-12)21-14(10-27-30-21)16-4-5-17-19(29-16)8-13(9-25-17)20-11-26-22-24-6-7-31(20)22/h2-5,8-11H,6-7H2,1H3,(H,24,26)(H,27,30). The first kappa shape index (κ1) is 17.7. The van der Waals surface area contributed by atoms with E-state index in [9.17, 15) is 4.39 Å². The molecule has 2 N–H and O–H groups in total. The second-order valence-electron chi connectivity index (χ2n) is 7.42. The number of H-pyrrole nitrogens is 1. The molecule has 0 bridgehead atoms. The summed E-state index contributed by atoms with van der Waals surface area (Å²) in [4.78, 5) is 18.2. The van der Waals surface area contributed by atoms with Gasteiger partial charge < -0.3 is 9.88 Å². The minimum atomic E-state index is -0.343. The number of halogens is 1. The number of nitrogens with zero attached hydrogens (tertiary/aromatic N) is 6. The Hall–Kier alpha value is -4.14. The number of imidazole rings is 1. The second-order valence-corrected chi connectivity index (χ2v) is 7.42. The van der Waals surface area contributed by atoms with Gasteiger partial charge in [-0.15, -0.1) is 0 Å². The largest absolute Gasteiger partial charge is 0.354 e. The van der Waals surface area contributed by atoms with E-state index < -0.39 is 0 Å². The molecular weight excluding hydrogens is 395 g/mol. The molecule has 0 aromatic carbocycles. The molecule has 9 heteroatoms. The topological polar surface area (TPSA) is 97.2 Å². The van der Waals surface area contributed by atoms with Crippen molar-refractivity contribution in [3.05, 3.63) is 60.4 Å². The molecule has 152 valence electrons. The van der Waals surface area contributed by atoms with E-state index >= 15 is 0 Å². The van der Waals surface area contributed by atoms with Gasteiger partial charge in [-0.3, -0.25) is 10.1 Å². The fourth-order valence-corrected chi connectivity index (χ4v) is 3.91. The van der Waals surface area contributed by atoms with E-state index in [2.05, 4.69) is 35.0 Å². The summed E-state index contributed by atoms with van der Waals surface area (Å²) in [5, 5.41) is 10.5. The number of aryl methyl sites for hydroxylation is 1. The zero-order valence-corrected chi connectivity index (χ0v) is 16.6. The molecule has 1 aliphatic heterocycles. The molecule has 1 aliphatic rings. The van der Waals surface area contributed by atoms with E-state index in [-0.39, 0.29) is 5.82 Å². The van der Waals surface area contributed by atoms with Crippen molar-refractivity contribution in [2.75, 3.05) is 11.9 Å². The Morgan fingerprint density at radius 2 is 1.90 bits per heavy atom. The van der Waals surface area contributed by atoms with Gasteiger partial charge in [-0.1, -0.05) is 0 Å². The van der Waals surface area contributed by atoms with Crippen LogP contribution in [0.5, 0.6) is 0 Å². The molecule has 0 atom stereocenters. The Bertz CT molecular complexity index is 1450. The van der Waals surface area contributed by atoms with Gasteiger partial charge in [0, 0.05) is 36.6 Å². The van der Waals surface area contributed by atoms with Crippen LogP contribution in [0, 0.1) is 12.7 Å². The fraction of sp³-hybridized carbons (Fsp3) is 0.136. The van der Waals surface area contributed by atoms with E-state index in [4.69, 9.17) is 4.98 Å². The van der Waals surface area contributed by atoms with Crippen LogP contribution in [0.4, 0.5) is 10.3 Å². The predicted molar refractivity (Wildman–Crippen MR) is 115 cm³/mol. The van der Waals surface area contributed by atoms with Crippen LogP contribution in [-0.2, 0) is 6.54 Å². The van der Waals surface area contributed by atoms with Crippen LogP contribution in [0.1, 0.15) is 5.69 Å². The van der Waals surface area contributed by atoms with E-state index in [0.29, 0.717) is 17.1 Å². The molecule has 6 rings (SSSR count). The zero-order chi connectivity index (χ0) is 20.9. The third kappa shape index (κ3) is 2.85. The van der Waals surface area contributed by atoms with Crippen molar-refractivity contribution in [2.24, 2.45) is 0 Å². The lowest BCUT2D eigenvalue weighted by Crippen LogP contribution is -1.97. The first-order valence-electron chi connectivity index (χ1n) is 9.91. The Balaban J connectivity index is 1.45. The fourth-order valence-electron chi connectivity index (χ4n) is 3.91. The molecule has 31 heavy (non-hydrogen) atoms. The Labute approximate surface area is 176 Å². The van der Waals surface area contributed by atoms with Crippen molar-refractivity contribution < 1.29 is 4.39 Å². The van der Waals surface area contributed by atoms with Gasteiger partial charge in [-0.05, 0) is 37.3 Å². The summed E-state index contributed by atoms with van der Waals surface area (Å²) in [5.74, 6) is 0.534. The van der Waals surface area contributed by atoms with Crippen molar-refractivity contribution in [1.82, 2.24) is 34.7 Å². The second kappa shape index (κ2) is 6.69. The van der Waals surface area contributed by atoms with E-state index in [1.165, 1.54) is 6.07 Å². The number of aromatic amines is 1. The minimum Gasteiger partial charge on any atom is -0.354 e. The molecule has 5 aromatic rings. The maximum atomic E-state index is 13.7. The lowest BCUT2D eigenvalue weighted by Gasteiger charge is -2.07. The van der Waals surface area contributed by atoms with Crippen molar-refractivity contribution >= 4 is 17.0 Å². The molecule has 0 saturated carbocycles. The van der Waals surface area contributed by atoms with Crippen LogP contribution >= 0.6 is 0 Å².